The first-order chi connectivity index (χ1) is 12.0. The number of piperazine rings is 1. The summed E-state index contributed by atoms with van der Waals surface area (Å²) in [5, 5.41) is 0. The van der Waals surface area contributed by atoms with Gasteiger partial charge in [-0.1, -0.05) is 12.1 Å². The van der Waals surface area contributed by atoms with Crippen LogP contribution in [0.1, 0.15) is 5.69 Å². The number of nitrogens with zero attached hydrogens (tertiary/aromatic N) is 2. The predicted octanol–water partition coefficient (Wildman–Crippen LogP) is 1.10. The highest BCUT2D eigenvalue weighted by atomic mass is 32.2. The van der Waals surface area contributed by atoms with Crippen molar-refractivity contribution in [3.8, 4) is 5.75 Å². The first-order valence-electron chi connectivity index (χ1n) is 8.05. The number of aromatic amines is 1. The maximum absolute atomic E-state index is 12.8. The first kappa shape index (κ1) is 17.5. The zero-order valence-electron chi connectivity index (χ0n) is 14.0. The van der Waals surface area contributed by atoms with Gasteiger partial charge in [0.15, 0.2) is 0 Å². The number of hydrogen-bond donors (Lipinski definition) is 1. The van der Waals surface area contributed by atoms with Crippen LogP contribution in [0.2, 0.25) is 0 Å². The Bertz CT molecular complexity index is 825. The third kappa shape index (κ3) is 3.69. The molecule has 0 bridgehead atoms. The number of amides is 1. The fourth-order valence-corrected chi connectivity index (χ4v) is 4.48. The van der Waals surface area contributed by atoms with Gasteiger partial charge in [0, 0.05) is 38.1 Å². The van der Waals surface area contributed by atoms with Crippen molar-refractivity contribution in [3.05, 3.63) is 48.3 Å². The number of para-hydroxylation sites is 1. The number of ether oxygens (including phenoxy) is 1. The summed E-state index contributed by atoms with van der Waals surface area (Å²) in [6, 6.07) is 10.3. The zero-order valence-corrected chi connectivity index (χ0v) is 14.8. The molecule has 1 fully saturated rings. The van der Waals surface area contributed by atoms with Crippen LogP contribution in [-0.4, -0.2) is 61.8 Å². The highest BCUT2D eigenvalue weighted by molar-refractivity contribution is 7.89. The van der Waals surface area contributed by atoms with Crippen LogP contribution < -0.4 is 4.74 Å². The van der Waals surface area contributed by atoms with E-state index < -0.39 is 10.0 Å². The number of carbonyl (C=O) groups is 1. The quantitative estimate of drug-likeness (QED) is 0.862. The van der Waals surface area contributed by atoms with Crippen molar-refractivity contribution >= 4 is 15.9 Å². The van der Waals surface area contributed by atoms with Gasteiger partial charge in [-0.05, 0) is 24.3 Å². The Balaban J connectivity index is 1.66. The van der Waals surface area contributed by atoms with E-state index in [9.17, 15) is 13.2 Å². The van der Waals surface area contributed by atoms with E-state index in [2.05, 4.69) is 4.98 Å². The largest absolute Gasteiger partial charge is 0.495 e. The molecule has 0 spiro atoms. The average molecular weight is 363 g/mol. The van der Waals surface area contributed by atoms with E-state index in [1.54, 1.807) is 29.3 Å². The topological polar surface area (TPSA) is 82.7 Å². The molecule has 0 radical (unpaired) electrons. The molecule has 2 heterocycles. The van der Waals surface area contributed by atoms with Crippen molar-refractivity contribution in [3.63, 3.8) is 0 Å². The van der Waals surface area contributed by atoms with E-state index in [1.807, 2.05) is 12.1 Å². The molecule has 0 atom stereocenters. The number of carbonyl (C=O) groups excluding carboxylic acids is 1. The number of benzene rings is 1. The maximum Gasteiger partial charge on any atom is 0.246 e. The number of methoxy groups -OCH3 is 1. The van der Waals surface area contributed by atoms with Gasteiger partial charge in [-0.2, -0.15) is 4.31 Å². The normalized spacial score (nSPS) is 16.0. The second kappa shape index (κ2) is 7.28. The smallest absolute Gasteiger partial charge is 0.246 e. The molecule has 2 aromatic rings. The second-order valence-electron chi connectivity index (χ2n) is 5.81. The van der Waals surface area contributed by atoms with Crippen molar-refractivity contribution in [1.82, 2.24) is 14.2 Å². The molecule has 1 amide bonds. The zero-order chi connectivity index (χ0) is 17.9. The first-order valence-corrected chi connectivity index (χ1v) is 9.49. The molecule has 1 aliphatic heterocycles. The Morgan fingerprint density at radius 3 is 2.48 bits per heavy atom. The lowest BCUT2D eigenvalue weighted by Gasteiger charge is -2.34. The van der Waals surface area contributed by atoms with Gasteiger partial charge in [0.2, 0.25) is 15.9 Å². The fourth-order valence-electron chi connectivity index (χ4n) is 2.90. The Hall–Kier alpha value is -2.32. The summed E-state index contributed by atoms with van der Waals surface area (Å²) in [5.74, 6) is 0.324. The average Bonchev–Trinajstić information content (AvgIpc) is 3.14. The molecule has 1 N–H and O–H groups in total. The third-order valence-corrected chi connectivity index (χ3v) is 6.22. The van der Waals surface area contributed by atoms with Crippen LogP contribution in [0.25, 0.3) is 0 Å². The molecule has 134 valence electrons. The van der Waals surface area contributed by atoms with Crippen LogP contribution in [-0.2, 0) is 21.2 Å². The van der Waals surface area contributed by atoms with Gasteiger partial charge in [0.05, 0.1) is 13.5 Å². The van der Waals surface area contributed by atoms with Crippen LogP contribution in [0, 0.1) is 0 Å². The van der Waals surface area contributed by atoms with Gasteiger partial charge in [0.25, 0.3) is 0 Å². The van der Waals surface area contributed by atoms with Crippen LogP contribution in [0.3, 0.4) is 0 Å². The lowest BCUT2D eigenvalue weighted by molar-refractivity contribution is -0.131. The van der Waals surface area contributed by atoms with Crippen molar-refractivity contribution in [2.45, 2.75) is 11.3 Å². The molecule has 3 rings (SSSR count). The minimum absolute atomic E-state index is 0.00297. The van der Waals surface area contributed by atoms with Crippen molar-refractivity contribution in [2.75, 3.05) is 33.3 Å². The predicted molar refractivity (Wildman–Crippen MR) is 92.8 cm³/mol. The van der Waals surface area contributed by atoms with E-state index in [1.165, 1.54) is 17.5 Å². The Labute approximate surface area is 147 Å². The van der Waals surface area contributed by atoms with Gasteiger partial charge < -0.3 is 14.6 Å². The van der Waals surface area contributed by atoms with Crippen molar-refractivity contribution in [2.24, 2.45) is 0 Å². The molecule has 1 aliphatic rings. The number of nitrogens with one attached hydrogen (secondary N) is 1. The molecular weight excluding hydrogens is 342 g/mol. The summed E-state index contributed by atoms with van der Waals surface area (Å²) in [4.78, 5) is 17.2. The van der Waals surface area contributed by atoms with Crippen LogP contribution >= 0.6 is 0 Å². The lowest BCUT2D eigenvalue weighted by atomic mass is 10.2. The Kier molecular flexibility index (Phi) is 5.10. The summed E-state index contributed by atoms with van der Waals surface area (Å²) in [6.07, 6.45) is 2.08. The Morgan fingerprint density at radius 1 is 1.12 bits per heavy atom. The highest BCUT2D eigenvalue weighted by Crippen LogP contribution is 2.26. The van der Waals surface area contributed by atoms with E-state index in [-0.39, 0.29) is 23.9 Å². The van der Waals surface area contributed by atoms with Gasteiger partial charge in [-0.25, -0.2) is 8.42 Å². The van der Waals surface area contributed by atoms with Crippen molar-refractivity contribution in [1.29, 1.82) is 0 Å². The number of H-pyrrole nitrogens is 1. The summed E-state index contributed by atoms with van der Waals surface area (Å²) < 4.78 is 32.2. The molecule has 1 saturated heterocycles. The van der Waals surface area contributed by atoms with Crippen LogP contribution in [0.4, 0.5) is 0 Å². The summed E-state index contributed by atoms with van der Waals surface area (Å²) in [6.45, 7) is 1.32. The number of aromatic nitrogens is 1. The lowest BCUT2D eigenvalue weighted by Crippen LogP contribution is -2.50. The van der Waals surface area contributed by atoms with Gasteiger partial charge in [-0.3, -0.25) is 4.79 Å². The third-order valence-electron chi connectivity index (χ3n) is 4.28. The molecule has 0 saturated carbocycles. The monoisotopic (exact) mass is 363 g/mol. The molecule has 7 nitrogen and oxygen atoms in total. The second-order valence-corrected chi connectivity index (χ2v) is 7.71. The van der Waals surface area contributed by atoms with E-state index >= 15 is 0 Å². The minimum Gasteiger partial charge on any atom is -0.495 e. The maximum atomic E-state index is 12.8. The van der Waals surface area contributed by atoms with E-state index in [0.717, 1.165) is 5.69 Å². The van der Waals surface area contributed by atoms with Gasteiger partial charge >= 0.3 is 0 Å². The molecule has 1 aromatic carbocycles. The minimum atomic E-state index is -3.64. The van der Waals surface area contributed by atoms with Crippen molar-refractivity contribution < 1.29 is 17.9 Å². The standard InChI is InChI=1S/C17H21N3O4S/c1-24-15-6-2-3-7-16(15)25(22,23)20-11-9-19(10-12-20)17(21)13-14-5-4-8-18-14/h2-8,18H,9-13H2,1H3. The SMILES string of the molecule is COc1ccccc1S(=O)(=O)N1CCN(C(=O)Cc2ccc[nH]2)CC1. The number of sulfonamides is 1. The van der Waals surface area contributed by atoms with Crippen LogP contribution in [0.15, 0.2) is 47.5 Å². The molecule has 1 aromatic heterocycles. The van der Waals surface area contributed by atoms with Gasteiger partial charge in [0.1, 0.15) is 10.6 Å². The molecule has 25 heavy (non-hydrogen) atoms. The summed E-state index contributed by atoms with van der Waals surface area (Å²) in [5.41, 5.74) is 0.856. The van der Waals surface area contributed by atoms with Gasteiger partial charge in [-0.15, -0.1) is 0 Å². The van der Waals surface area contributed by atoms with E-state index in [4.69, 9.17) is 4.74 Å². The molecular formula is C17H21N3O4S. The van der Waals surface area contributed by atoms with Crippen LogP contribution in [0.5, 0.6) is 5.75 Å². The highest BCUT2D eigenvalue weighted by Gasteiger charge is 2.31. The number of hydrogen-bond acceptors (Lipinski definition) is 4. The molecule has 0 aliphatic carbocycles. The number of rotatable bonds is 5. The van der Waals surface area contributed by atoms with E-state index in [0.29, 0.717) is 25.3 Å². The summed E-state index contributed by atoms with van der Waals surface area (Å²) >= 11 is 0. The molecule has 0 unspecified atom stereocenters. The fraction of sp³-hybridized carbons (Fsp3) is 0.353. The molecule has 8 heteroatoms. The Morgan fingerprint density at radius 2 is 1.84 bits per heavy atom. The summed E-state index contributed by atoms with van der Waals surface area (Å²) in [7, 11) is -2.19.